The summed E-state index contributed by atoms with van der Waals surface area (Å²) >= 11 is 1.26. The number of hydrogen-bond donors (Lipinski definition) is 1. The van der Waals surface area contributed by atoms with Crippen LogP contribution in [0.25, 0.3) is 0 Å². The van der Waals surface area contributed by atoms with E-state index in [-0.39, 0.29) is 10.8 Å². The molecular formula is C9H11N3O3S. The van der Waals surface area contributed by atoms with E-state index >= 15 is 0 Å². The second-order valence-corrected chi connectivity index (χ2v) is 4.52. The van der Waals surface area contributed by atoms with Gasteiger partial charge in [-0.05, 0) is 0 Å². The number of aromatic nitrogens is 2. The van der Waals surface area contributed by atoms with Gasteiger partial charge < -0.3 is 10.0 Å². The summed E-state index contributed by atoms with van der Waals surface area (Å²) in [5, 5.41) is 12.9. The zero-order valence-electron chi connectivity index (χ0n) is 8.71. The first-order valence-corrected chi connectivity index (χ1v) is 5.74. The average molecular weight is 241 g/mol. The number of nitrogens with zero attached hydrogens (tertiary/aromatic N) is 3. The minimum Gasteiger partial charge on any atom is -0.478 e. The maximum absolute atomic E-state index is 11.4. The maximum atomic E-state index is 11.4. The lowest BCUT2D eigenvalue weighted by Gasteiger charge is -2.14. The summed E-state index contributed by atoms with van der Waals surface area (Å²) in [5.74, 6) is -0.249. The highest BCUT2D eigenvalue weighted by molar-refractivity contribution is 8.13. The van der Waals surface area contributed by atoms with Gasteiger partial charge in [0.1, 0.15) is 5.56 Å². The van der Waals surface area contributed by atoms with E-state index in [1.165, 1.54) is 22.6 Å². The fourth-order valence-corrected chi connectivity index (χ4v) is 2.40. The third kappa shape index (κ3) is 1.90. The van der Waals surface area contributed by atoms with E-state index in [4.69, 9.17) is 5.11 Å². The Morgan fingerprint density at radius 3 is 3.00 bits per heavy atom. The maximum Gasteiger partial charge on any atom is 0.339 e. The normalized spacial score (nSPS) is 15.8. The van der Waals surface area contributed by atoms with Gasteiger partial charge in [0, 0.05) is 19.3 Å². The van der Waals surface area contributed by atoms with Crippen LogP contribution < -0.4 is 0 Å². The molecule has 0 spiro atoms. The summed E-state index contributed by atoms with van der Waals surface area (Å²) < 4.78 is 1.50. The average Bonchev–Trinajstić information content (AvgIpc) is 2.76. The number of carboxylic acid groups (broad SMARTS) is 1. The van der Waals surface area contributed by atoms with Gasteiger partial charge in [-0.25, -0.2) is 4.79 Å². The highest BCUT2D eigenvalue weighted by Crippen LogP contribution is 2.21. The number of aromatic carboxylic acids is 1. The Bertz CT molecular complexity index is 443. The first-order chi connectivity index (χ1) is 7.59. The van der Waals surface area contributed by atoms with Crippen molar-refractivity contribution >= 4 is 23.0 Å². The Morgan fingerprint density at radius 2 is 2.44 bits per heavy atom. The molecule has 7 heteroatoms. The van der Waals surface area contributed by atoms with E-state index in [0.29, 0.717) is 18.8 Å². The van der Waals surface area contributed by atoms with Crippen LogP contribution in [0.3, 0.4) is 0 Å². The van der Waals surface area contributed by atoms with Crippen molar-refractivity contribution in [3.05, 3.63) is 17.5 Å². The molecule has 2 heterocycles. The third-order valence-corrected chi connectivity index (χ3v) is 3.37. The Morgan fingerprint density at radius 1 is 1.69 bits per heavy atom. The molecule has 86 valence electrons. The van der Waals surface area contributed by atoms with Crippen LogP contribution >= 0.6 is 11.8 Å². The van der Waals surface area contributed by atoms with E-state index in [9.17, 15) is 9.59 Å². The Hall–Kier alpha value is -1.50. The van der Waals surface area contributed by atoms with Crippen molar-refractivity contribution in [2.45, 2.75) is 6.54 Å². The van der Waals surface area contributed by atoms with Crippen LogP contribution in [-0.4, -0.2) is 43.3 Å². The first kappa shape index (κ1) is 11.0. The smallest absolute Gasteiger partial charge is 0.339 e. The van der Waals surface area contributed by atoms with Crippen molar-refractivity contribution in [3.63, 3.8) is 0 Å². The monoisotopic (exact) mass is 241 g/mol. The van der Waals surface area contributed by atoms with Gasteiger partial charge in [-0.2, -0.15) is 5.10 Å². The van der Waals surface area contributed by atoms with Crippen LogP contribution in [0.1, 0.15) is 16.1 Å². The second-order valence-electron chi connectivity index (χ2n) is 3.47. The van der Waals surface area contributed by atoms with Crippen LogP contribution in [0.4, 0.5) is 4.79 Å². The van der Waals surface area contributed by atoms with Gasteiger partial charge in [0.2, 0.25) is 0 Å². The summed E-state index contributed by atoms with van der Waals surface area (Å²) in [5.41, 5.74) is 0.718. The van der Waals surface area contributed by atoms with Crippen LogP contribution in [-0.2, 0) is 13.6 Å². The number of carbonyl (C=O) groups excluding carboxylic acids is 1. The Balaban J connectivity index is 2.23. The quantitative estimate of drug-likeness (QED) is 0.846. The molecule has 0 saturated carbocycles. The lowest BCUT2D eigenvalue weighted by atomic mass is 10.2. The standard InChI is InChI=1S/C9H11N3O3S/c1-11-7(6(4-10-11)8(13)14)5-12-2-3-16-9(12)15/h4H,2-3,5H2,1H3,(H,13,14). The number of amides is 1. The van der Waals surface area contributed by atoms with Crippen LogP contribution in [0, 0.1) is 0 Å². The van der Waals surface area contributed by atoms with E-state index < -0.39 is 5.97 Å². The molecule has 1 amide bonds. The predicted octanol–water partition coefficient (Wildman–Crippen LogP) is 0.787. The van der Waals surface area contributed by atoms with E-state index in [1.807, 2.05) is 0 Å². The summed E-state index contributed by atoms with van der Waals surface area (Å²) in [4.78, 5) is 24.0. The van der Waals surface area contributed by atoms with E-state index in [1.54, 1.807) is 11.9 Å². The Labute approximate surface area is 96.2 Å². The summed E-state index contributed by atoms with van der Waals surface area (Å²) in [6.45, 7) is 0.970. The van der Waals surface area contributed by atoms with Gasteiger partial charge in [0.05, 0.1) is 18.4 Å². The molecule has 1 aliphatic rings. The number of rotatable bonds is 3. The molecule has 6 nitrogen and oxygen atoms in total. The number of thioether (sulfide) groups is 1. The molecule has 0 radical (unpaired) electrons. The fraction of sp³-hybridized carbons (Fsp3) is 0.444. The molecule has 1 aliphatic heterocycles. The molecule has 0 aromatic carbocycles. The van der Waals surface area contributed by atoms with Gasteiger partial charge in [0.15, 0.2) is 0 Å². The van der Waals surface area contributed by atoms with Crippen LogP contribution in [0.2, 0.25) is 0 Å². The molecule has 16 heavy (non-hydrogen) atoms. The van der Waals surface area contributed by atoms with Crippen LogP contribution in [0.5, 0.6) is 0 Å². The molecule has 0 bridgehead atoms. The number of hydrogen-bond acceptors (Lipinski definition) is 4. The van der Waals surface area contributed by atoms with Gasteiger partial charge in [-0.1, -0.05) is 11.8 Å². The molecular weight excluding hydrogens is 230 g/mol. The molecule has 1 aromatic heterocycles. The molecule has 2 rings (SSSR count). The molecule has 0 aliphatic carbocycles. The first-order valence-electron chi connectivity index (χ1n) is 4.75. The van der Waals surface area contributed by atoms with Gasteiger partial charge in [-0.15, -0.1) is 0 Å². The molecule has 1 N–H and O–H groups in total. The SMILES string of the molecule is Cn1ncc(C(=O)O)c1CN1CCSC1=O. The van der Waals surface area contributed by atoms with Gasteiger partial charge >= 0.3 is 5.97 Å². The van der Waals surface area contributed by atoms with Crippen molar-refractivity contribution in [2.24, 2.45) is 7.05 Å². The minimum atomic E-state index is -1.01. The summed E-state index contributed by atoms with van der Waals surface area (Å²) in [6, 6.07) is 0. The molecule has 1 aromatic rings. The van der Waals surface area contributed by atoms with Crippen molar-refractivity contribution in [3.8, 4) is 0 Å². The molecule has 0 atom stereocenters. The third-order valence-electron chi connectivity index (χ3n) is 2.48. The van der Waals surface area contributed by atoms with Gasteiger partial charge in [0.25, 0.3) is 5.24 Å². The summed E-state index contributed by atoms with van der Waals surface area (Å²) in [7, 11) is 1.68. The largest absolute Gasteiger partial charge is 0.478 e. The zero-order valence-corrected chi connectivity index (χ0v) is 9.53. The molecule has 1 fully saturated rings. The molecule has 1 saturated heterocycles. The van der Waals surface area contributed by atoms with E-state index in [2.05, 4.69) is 5.10 Å². The van der Waals surface area contributed by atoms with Crippen molar-refractivity contribution in [2.75, 3.05) is 12.3 Å². The lowest BCUT2D eigenvalue weighted by Crippen LogP contribution is -2.25. The van der Waals surface area contributed by atoms with Crippen molar-refractivity contribution in [1.82, 2.24) is 14.7 Å². The molecule has 0 unspecified atom stereocenters. The van der Waals surface area contributed by atoms with Crippen LogP contribution in [0.15, 0.2) is 6.20 Å². The topological polar surface area (TPSA) is 75.4 Å². The van der Waals surface area contributed by atoms with Crippen molar-refractivity contribution in [1.29, 1.82) is 0 Å². The Kier molecular flexibility index (Phi) is 2.86. The number of carbonyl (C=O) groups is 2. The van der Waals surface area contributed by atoms with E-state index in [0.717, 1.165) is 5.75 Å². The minimum absolute atomic E-state index is 0.00228. The van der Waals surface area contributed by atoms with Gasteiger partial charge in [-0.3, -0.25) is 9.48 Å². The summed E-state index contributed by atoms with van der Waals surface area (Å²) in [6.07, 6.45) is 1.31. The fourth-order valence-electron chi connectivity index (χ4n) is 1.58. The highest BCUT2D eigenvalue weighted by Gasteiger charge is 2.24. The second kappa shape index (κ2) is 4.17. The predicted molar refractivity (Wildman–Crippen MR) is 58.4 cm³/mol. The lowest BCUT2D eigenvalue weighted by molar-refractivity contribution is 0.0694. The van der Waals surface area contributed by atoms with Crippen molar-refractivity contribution < 1.29 is 14.7 Å². The zero-order chi connectivity index (χ0) is 11.7. The number of carboxylic acids is 1. The highest BCUT2D eigenvalue weighted by atomic mass is 32.2. The number of aryl methyl sites for hydroxylation is 1.